The third-order valence-electron chi connectivity index (χ3n) is 12.6. The van der Waals surface area contributed by atoms with Crippen molar-refractivity contribution < 1.29 is 4.74 Å². The first kappa shape index (κ1) is 37.5. The summed E-state index contributed by atoms with van der Waals surface area (Å²) >= 11 is 0. The molecule has 53 heavy (non-hydrogen) atoms. The highest BCUT2D eigenvalue weighted by atomic mass is 16.5. The molecule has 0 N–H and O–H groups in total. The molecule has 1 heteroatoms. The maximum absolute atomic E-state index is 6.46. The quantitative estimate of drug-likeness (QED) is 0.194. The number of rotatable bonds is 6. The lowest BCUT2D eigenvalue weighted by atomic mass is 9.76. The fourth-order valence-corrected chi connectivity index (χ4v) is 9.76. The lowest BCUT2D eigenvalue weighted by molar-refractivity contribution is 0.398. The van der Waals surface area contributed by atoms with Gasteiger partial charge in [-0.2, -0.15) is 0 Å². The number of fused-ring (bicyclic) bond motifs is 3. The van der Waals surface area contributed by atoms with E-state index in [1.165, 1.54) is 97.2 Å². The Bertz CT molecular complexity index is 2130. The minimum absolute atomic E-state index is 0.0312. The van der Waals surface area contributed by atoms with E-state index in [9.17, 15) is 0 Å². The van der Waals surface area contributed by atoms with E-state index >= 15 is 0 Å². The Labute approximate surface area is 322 Å². The van der Waals surface area contributed by atoms with Gasteiger partial charge in [0.15, 0.2) is 0 Å². The third-order valence-corrected chi connectivity index (χ3v) is 12.6. The molecule has 4 aromatic rings. The van der Waals surface area contributed by atoms with E-state index in [1.807, 2.05) is 7.11 Å². The van der Waals surface area contributed by atoms with Gasteiger partial charge in [-0.3, -0.25) is 0 Å². The van der Waals surface area contributed by atoms with Gasteiger partial charge in [0.05, 0.1) is 7.11 Å². The van der Waals surface area contributed by atoms with Crippen LogP contribution >= 0.6 is 0 Å². The summed E-state index contributed by atoms with van der Waals surface area (Å²) in [5.41, 5.74) is 24.3. The molecular formula is C52H64O. The van der Waals surface area contributed by atoms with Crippen LogP contribution in [0.1, 0.15) is 168 Å². The van der Waals surface area contributed by atoms with Gasteiger partial charge >= 0.3 is 0 Å². The van der Waals surface area contributed by atoms with Crippen LogP contribution in [-0.2, 0) is 29.1 Å². The Hall–Kier alpha value is -3.84. The van der Waals surface area contributed by atoms with Crippen molar-refractivity contribution >= 4 is 12.2 Å². The molecule has 0 saturated carbocycles. The molecule has 2 unspecified atom stereocenters. The molecule has 1 nitrogen and oxygen atoms in total. The maximum Gasteiger partial charge on any atom is 0.131 e. The molecule has 2 atom stereocenters. The number of ether oxygens (including phenoxy) is 1. The van der Waals surface area contributed by atoms with Crippen LogP contribution in [0.25, 0.3) is 34.4 Å². The molecule has 0 radical (unpaired) electrons. The van der Waals surface area contributed by atoms with Gasteiger partial charge in [0.25, 0.3) is 0 Å². The van der Waals surface area contributed by atoms with Gasteiger partial charge in [-0.05, 0) is 137 Å². The highest BCUT2D eigenvalue weighted by Crippen LogP contribution is 2.54. The van der Waals surface area contributed by atoms with E-state index < -0.39 is 0 Å². The Morgan fingerprint density at radius 1 is 0.566 bits per heavy atom. The maximum atomic E-state index is 6.46. The lowest BCUT2D eigenvalue weighted by Gasteiger charge is -2.30. The van der Waals surface area contributed by atoms with Gasteiger partial charge in [0.2, 0.25) is 0 Å². The van der Waals surface area contributed by atoms with E-state index in [0.29, 0.717) is 11.8 Å². The van der Waals surface area contributed by atoms with Gasteiger partial charge in [-0.1, -0.05) is 145 Å². The summed E-state index contributed by atoms with van der Waals surface area (Å²) < 4.78 is 6.46. The predicted molar refractivity (Wildman–Crippen MR) is 230 cm³/mol. The fraction of sp³-hybridized carbons (Fsp3) is 0.462. The Morgan fingerprint density at radius 2 is 1.08 bits per heavy atom. The molecule has 0 heterocycles. The molecule has 3 aliphatic rings. The van der Waals surface area contributed by atoms with Gasteiger partial charge in [0, 0.05) is 23.0 Å². The number of hydrogen-bond acceptors (Lipinski definition) is 1. The molecule has 3 aliphatic carbocycles. The van der Waals surface area contributed by atoms with E-state index in [4.69, 9.17) is 4.74 Å². The first-order valence-electron chi connectivity index (χ1n) is 20.3. The van der Waals surface area contributed by atoms with Crippen LogP contribution in [0.2, 0.25) is 0 Å². The topological polar surface area (TPSA) is 9.23 Å². The summed E-state index contributed by atoms with van der Waals surface area (Å²) in [4.78, 5) is 0. The lowest BCUT2D eigenvalue weighted by Crippen LogP contribution is -2.17. The second-order valence-electron chi connectivity index (χ2n) is 20.0. The second kappa shape index (κ2) is 13.2. The minimum atomic E-state index is -0.0701. The minimum Gasteiger partial charge on any atom is -0.496 e. The summed E-state index contributed by atoms with van der Waals surface area (Å²) in [6.07, 6.45) is 11.0. The summed E-state index contributed by atoms with van der Waals surface area (Å²) in [6.45, 7) is 30.3. The number of allylic oxidation sites excluding steroid dienone is 2. The van der Waals surface area contributed by atoms with Gasteiger partial charge < -0.3 is 4.74 Å². The zero-order valence-electron chi connectivity index (χ0n) is 35.4. The zero-order chi connectivity index (χ0) is 38.4. The number of methoxy groups -OCH3 is 1. The number of aryl methyl sites for hydroxylation is 3. The van der Waals surface area contributed by atoms with Crippen molar-refractivity contribution in [1.82, 2.24) is 0 Å². The zero-order valence-corrected chi connectivity index (χ0v) is 35.4. The van der Waals surface area contributed by atoms with Crippen LogP contribution < -0.4 is 4.74 Å². The van der Waals surface area contributed by atoms with Gasteiger partial charge in [-0.15, -0.1) is 0 Å². The molecule has 0 aromatic heterocycles. The molecule has 0 saturated heterocycles. The largest absolute Gasteiger partial charge is 0.496 e. The van der Waals surface area contributed by atoms with Crippen molar-refractivity contribution in [3.8, 4) is 28.0 Å². The molecule has 0 spiro atoms. The molecule has 0 aliphatic heterocycles. The van der Waals surface area contributed by atoms with Crippen LogP contribution in [0, 0.1) is 13.8 Å². The average molecular weight is 705 g/mol. The summed E-state index contributed by atoms with van der Waals surface area (Å²) in [5, 5.41) is 0. The molecule has 278 valence electrons. The van der Waals surface area contributed by atoms with Crippen molar-refractivity contribution in [2.24, 2.45) is 0 Å². The Balaban J connectivity index is 1.33. The van der Waals surface area contributed by atoms with Crippen molar-refractivity contribution in [2.75, 3.05) is 7.11 Å². The van der Waals surface area contributed by atoms with Gasteiger partial charge in [-0.25, -0.2) is 0 Å². The standard InChI is InChI=1S/C52H64O/c1-30-20-31(2)22-35(21-30)47-41-17-15-16-34(41)27-42-39(32(3)23-44(42)47)18-19-40-33(4)24-45-43(40)29-46(52(11,12)13)49(53-14)48(45)36-25-37(50(5,6)7)28-38(26-36)51(8,9)10/h20-29,39-40H,15-19H2,1-14H3. The normalized spacial score (nSPS) is 18.2. The molecule has 7 rings (SSSR count). The molecule has 4 aromatic carbocycles. The number of benzene rings is 4. The summed E-state index contributed by atoms with van der Waals surface area (Å²) in [6, 6.07) is 19.6. The Kier molecular flexibility index (Phi) is 9.32. The van der Waals surface area contributed by atoms with E-state index in [1.54, 1.807) is 16.7 Å². The Morgan fingerprint density at radius 3 is 1.58 bits per heavy atom. The second-order valence-corrected chi connectivity index (χ2v) is 20.0. The molecule has 0 bridgehead atoms. The average Bonchev–Trinajstić information content (AvgIpc) is 3.73. The highest BCUT2D eigenvalue weighted by molar-refractivity contribution is 5.89. The van der Waals surface area contributed by atoms with Crippen molar-refractivity contribution in [1.29, 1.82) is 0 Å². The third kappa shape index (κ3) is 6.77. The van der Waals surface area contributed by atoms with Gasteiger partial charge in [0.1, 0.15) is 5.75 Å². The molecule has 0 fully saturated rings. The molecular weight excluding hydrogens is 641 g/mol. The van der Waals surface area contributed by atoms with Crippen LogP contribution in [0.5, 0.6) is 5.75 Å². The monoisotopic (exact) mass is 704 g/mol. The van der Waals surface area contributed by atoms with Crippen molar-refractivity contribution in [3.63, 3.8) is 0 Å². The molecule has 0 amide bonds. The summed E-state index contributed by atoms with van der Waals surface area (Å²) in [7, 11) is 1.87. The van der Waals surface area contributed by atoms with Crippen LogP contribution in [-0.4, -0.2) is 7.11 Å². The van der Waals surface area contributed by atoms with Crippen LogP contribution in [0.15, 0.2) is 59.7 Å². The predicted octanol–water partition coefficient (Wildman–Crippen LogP) is 14.5. The first-order chi connectivity index (χ1) is 24.8. The van der Waals surface area contributed by atoms with E-state index in [2.05, 4.69) is 151 Å². The number of hydrogen-bond donors (Lipinski definition) is 0. The van der Waals surface area contributed by atoms with Crippen LogP contribution in [0.3, 0.4) is 0 Å². The van der Waals surface area contributed by atoms with E-state index in [0.717, 1.165) is 18.6 Å². The SMILES string of the molecule is COc1c(C(C)(C)C)cc2c(c1-c1cc(C(C)(C)C)cc(C(C)(C)C)c1)C=C(C)C2CCC1C(C)=Cc2c1cc1c(c2-c2cc(C)cc(C)c2)CCC1. The first-order valence-corrected chi connectivity index (χ1v) is 20.3. The van der Waals surface area contributed by atoms with Crippen LogP contribution in [0.4, 0.5) is 0 Å². The fourth-order valence-electron chi connectivity index (χ4n) is 9.76. The smallest absolute Gasteiger partial charge is 0.131 e. The highest BCUT2D eigenvalue weighted by Gasteiger charge is 2.35. The van der Waals surface area contributed by atoms with Crippen molar-refractivity contribution in [3.05, 3.63) is 121 Å². The van der Waals surface area contributed by atoms with Crippen molar-refractivity contribution in [2.45, 2.75) is 150 Å². The van der Waals surface area contributed by atoms with E-state index in [-0.39, 0.29) is 16.2 Å². The summed E-state index contributed by atoms with van der Waals surface area (Å²) in [5.74, 6) is 1.87.